The molecule has 1 aromatic carbocycles. The van der Waals surface area contributed by atoms with E-state index in [1.54, 1.807) is 4.68 Å². The normalized spacial score (nSPS) is 20.7. The van der Waals surface area contributed by atoms with E-state index in [0.29, 0.717) is 6.54 Å². The van der Waals surface area contributed by atoms with Crippen molar-refractivity contribution in [1.82, 2.24) is 20.4 Å². The van der Waals surface area contributed by atoms with Crippen LogP contribution in [0.2, 0.25) is 0 Å². The molecule has 1 aliphatic heterocycles. The Morgan fingerprint density at radius 2 is 2.04 bits per heavy atom. The van der Waals surface area contributed by atoms with Crippen molar-refractivity contribution in [1.29, 1.82) is 0 Å². The van der Waals surface area contributed by atoms with Gasteiger partial charge in [0.1, 0.15) is 0 Å². The molecule has 2 aromatic rings. The van der Waals surface area contributed by atoms with Crippen LogP contribution in [0.4, 0.5) is 0 Å². The number of nitrogens with one attached hydrogen (secondary N) is 2. The molecular weight excluding hydrogens is 360 g/mol. The molecule has 1 aliphatic rings. The van der Waals surface area contributed by atoms with Crippen LogP contribution >= 0.6 is 12.4 Å². The molecule has 0 radical (unpaired) electrons. The number of halogens is 1. The van der Waals surface area contributed by atoms with Crippen LogP contribution < -0.4 is 10.6 Å². The van der Waals surface area contributed by atoms with E-state index in [0.717, 1.165) is 18.5 Å². The quantitative estimate of drug-likeness (QED) is 0.797. The monoisotopic (exact) mass is 390 g/mol. The van der Waals surface area contributed by atoms with Crippen molar-refractivity contribution in [3.63, 3.8) is 0 Å². The summed E-state index contributed by atoms with van der Waals surface area (Å²) >= 11 is 0. The molecule has 1 saturated heterocycles. The maximum absolute atomic E-state index is 13.1. The van der Waals surface area contributed by atoms with E-state index in [1.165, 1.54) is 5.56 Å². The Bertz CT molecular complexity index is 744. The predicted molar refractivity (Wildman–Crippen MR) is 111 cm³/mol. The first kappa shape index (κ1) is 21.5. The third kappa shape index (κ3) is 4.53. The van der Waals surface area contributed by atoms with E-state index in [4.69, 9.17) is 0 Å². The number of hydrogen-bond acceptors (Lipinski definition) is 3. The third-order valence-electron chi connectivity index (χ3n) is 5.82. The summed E-state index contributed by atoms with van der Waals surface area (Å²) in [6, 6.07) is 10.5. The van der Waals surface area contributed by atoms with Gasteiger partial charge >= 0.3 is 0 Å². The Labute approximate surface area is 168 Å². The van der Waals surface area contributed by atoms with Gasteiger partial charge < -0.3 is 10.6 Å². The maximum atomic E-state index is 13.1. The first-order valence-corrected chi connectivity index (χ1v) is 9.48. The van der Waals surface area contributed by atoms with E-state index in [9.17, 15) is 4.79 Å². The molecule has 6 heteroatoms. The fourth-order valence-corrected chi connectivity index (χ4v) is 4.08. The molecular formula is C21H31ClN4O. The van der Waals surface area contributed by atoms with Crippen LogP contribution in [-0.4, -0.2) is 34.8 Å². The van der Waals surface area contributed by atoms with Gasteiger partial charge in [0.05, 0.1) is 12.1 Å². The molecule has 1 amide bonds. The number of hydrogen-bond donors (Lipinski definition) is 2. The molecule has 2 N–H and O–H groups in total. The van der Waals surface area contributed by atoms with Gasteiger partial charge in [-0.15, -0.1) is 12.4 Å². The number of benzene rings is 1. The van der Waals surface area contributed by atoms with Crippen LogP contribution in [0.15, 0.2) is 42.7 Å². The molecule has 3 rings (SSSR count). The minimum Gasteiger partial charge on any atom is -0.352 e. The standard InChI is InChI=1S/C21H30N4O.ClH/c1-5-19(21(2,3)16-9-7-6-8-10-16)24-20(26)18-13-22-12-17(18)15-11-23-25(4)14-15;/h6-11,14,17-19,22H,5,12-13H2,1-4H3,(H,24,26);1H/t17-,18+,19?;/m1./s1. The molecule has 1 fully saturated rings. The molecule has 5 nitrogen and oxygen atoms in total. The van der Waals surface area contributed by atoms with Gasteiger partial charge in [-0.1, -0.05) is 51.1 Å². The number of amides is 1. The summed E-state index contributed by atoms with van der Waals surface area (Å²) in [5, 5.41) is 11.0. The fourth-order valence-electron chi connectivity index (χ4n) is 4.08. The minimum atomic E-state index is -0.124. The highest BCUT2D eigenvalue weighted by atomic mass is 35.5. The molecule has 1 aromatic heterocycles. The molecule has 2 heterocycles. The summed E-state index contributed by atoms with van der Waals surface area (Å²) in [5.41, 5.74) is 2.26. The predicted octanol–water partition coefficient (Wildman–Crippen LogP) is 3.02. The summed E-state index contributed by atoms with van der Waals surface area (Å²) in [7, 11) is 1.91. The highest BCUT2D eigenvalue weighted by Crippen LogP contribution is 2.31. The van der Waals surface area contributed by atoms with Gasteiger partial charge in [-0.3, -0.25) is 9.48 Å². The van der Waals surface area contributed by atoms with Gasteiger partial charge in [-0.05, 0) is 17.5 Å². The van der Waals surface area contributed by atoms with Gasteiger partial charge in [-0.25, -0.2) is 0 Å². The fraction of sp³-hybridized carbons (Fsp3) is 0.524. The molecule has 148 valence electrons. The lowest BCUT2D eigenvalue weighted by atomic mass is 9.76. The molecule has 1 unspecified atom stereocenters. The van der Waals surface area contributed by atoms with Crippen LogP contribution in [0, 0.1) is 5.92 Å². The Kier molecular flexibility index (Phi) is 7.06. The average Bonchev–Trinajstić information content (AvgIpc) is 3.28. The molecule has 27 heavy (non-hydrogen) atoms. The highest BCUT2D eigenvalue weighted by molar-refractivity contribution is 5.85. The average molecular weight is 391 g/mol. The van der Waals surface area contributed by atoms with Gasteiger partial charge in [0.15, 0.2) is 0 Å². The largest absolute Gasteiger partial charge is 0.352 e. The lowest BCUT2D eigenvalue weighted by Crippen LogP contribution is -2.49. The van der Waals surface area contributed by atoms with Crippen LogP contribution in [0.1, 0.15) is 44.2 Å². The molecule has 0 aliphatic carbocycles. The van der Waals surface area contributed by atoms with Crippen molar-refractivity contribution >= 4 is 18.3 Å². The van der Waals surface area contributed by atoms with E-state index < -0.39 is 0 Å². The summed E-state index contributed by atoms with van der Waals surface area (Å²) in [6.07, 6.45) is 4.79. The maximum Gasteiger partial charge on any atom is 0.225 e. The zero-order valence-electron chi connectivity index (χ0n) is 16.6. The van der Waals surface area contributed by atoms with E-state index in [-0.39, 0.29) is 41.6 Å². The summed E-state index contributed by atoms with van der Waals surface area (Å²) < 4.78 is 1.80. The van der Waals surface area contributed by atoms with Crippen molar-refractivity contribution in [3.05, 3.63) is 53.9 Å². The van der Waals surface area contributed by atoms with E-state index in [1.807, 2.05) is 25.5 Å². The first-order chi connectivity index (χ1) is 12.4. The lowest BCUT2D eigenvalue weighted by molar-refractivity contribution is -0.126. The van der Waals surface area contributed by atoms with Crippen molar-refractivity contribution in [2.75, 3.05) is 13.1 Å². The summed E-state index contributed by atoms with van der Waals surface area (Å²) in [4.78, 5) is 13.1. The van der Waals surface area contributed by atoms with Crippen molar-refractivity contribution in [2.24, 2.45) is 13.0 Å². The Morgan fingerprint density at radius 3 is 2.63 bits per heavy atom. The highest BCUT2D eigenvalue weighted by Gasteiger charge is 2.38. The number of carbonyl (C=O) groups is 1. The molecule has 0 bridgehead atoms. The second kappa shape index (κ2) is 8.89. The Balaban J connectivity index is 0.00000261. The summed E-state index contributed by atoms with van der Waals surface area (Å²) in [6.45, 7) is 8.10. The van der Waals surface area contributed by atoms with Crippen LogP contribution in [0.5, 0.6) is 0 Å². The SMILES string of the molecule is CCC(NC(=O)[C@H]1CNC[C@@H]1c1cnn(C)c1)C(C)(C)c1ccccc1.Cl. The van der Waals surface area contributed by atoms with Gasteiger partial charge in [0.2, 0.25) is 5.91 Å². The molecule has 0 spiro atoms. The zero-order chi connectivity index (χ0) is 18.7. The van der Waals surface area contributed by atoms with E-state index >= 15 is 0 Å². The van der Waals surface area contributed by atoms with Crippen molar-refractivity contribution in [3.8, 4) is 0 Å². The number of aryl methyl sites for hydroxylation is 1. The minimum absolute atomic E-state index is 0. The zero-order valence-corrected chi connectivity index (χ0v) is 17.4. The van der Waals surface area contributed by atoms with Crippen molar-refractivity contribution in [2.45, 2.75) is 44.6 Å². The number of aromatic nitrogens is 2. The topological polar surface area (TPSA) is 59.0 Å². The number of nitrogens with zero attached hydrogens (tertiary/aromatic N) is 2. The van der Waals surface area contributed by atoms with Gasteiger partial charge in [0, 0.05) is 43.7 Å². The number of rotatable bonds is 6. The Morgan fingerprint density at radius 1 is 1.33 bits per heavy atom. The summed E-state index contributed by atoms with van der Waals surface area (Å²) in [5.74, 6) is 0.264. The second-order valence-corrected chi connectivity index (χ2v) is 7.88. The van der Waals surface area contributed by atoms with Crippen LogP contribution in [0.3, 0.4) is 0 Å². The second-order valence-electron chi connectivity index (χ2n) is 7.88. The van der Waals surface area contributed by atoms with E-state index in [2.05, 4.69) is 60.8 Å². The van der Waals surface area contributed by atoms with Gasteiger partial charge in [0.25, 0.3) is 0 Å². The first-order valence-electron chi connectivity index (χ1n) is 9.48. The number of carbonyl (C=O) groups excluding carboxylic acids is 1. The van der Waals surface area contributed by atoms with Crippen molar-refractivity contribution < 1.29 is 4.79 Å². The van der Waals surface area contributed by atoms with Crippen LogP contribution in [0.25, 0.3) is 0 Å². The third-order valence-corrected chi connectivity index (χ3v) is 5.82. The Hall–Kier alpha value is -1.85. The van der Waals surface area contributed by atoms with Gasteiger partial charge in [-0.2, -0.15) is 5.10 Å². The lowest BCUT2D eigenvalue weighted by Gasteiger charge is -2.36. The smallest absolute Gasteiger partial charge is 0.225 e. The molecule has 0 saturated carbocycles. The van der Waals surface area contributed by atoms with Crippen LogP contribution in [-0.2, 0) is 17.3 Å². The molecule has 3 atom stereocenters.